The second-order valence-corrected chi connectivity index (χ2v) is 6.26. The number of hydrogen-bond acceptors (Lipinski definition) is 3. The quantitative estimate of drug-likeness (QED) is 0.841. The van der Waals surface area contributed by atoms with Crippen LogP contribution in [0.5, 0.6) is 5.75 Å². The van der Waals surface area contributed by atoms with Crippen molar-refractivity contribution in [3.63, 3.8) is 0 Å². The summed E-state index contributed by atoms with van der Waals surface area (Å²) in [4.78, 5) is 3.95. The maximum atomic E-state index is 6.03. The minimum absolute atomic E-state index is 0.0153. The molecule has 1 aromatic heterocycles. The van der Waals surface area contributed by atoms with Gasteiger partial charge >= 0.3 is 0 Å². The molecule has 0 saturated heterocycles. The van der Waals surface area contributed by atoms with Crippen LogP contribution in [0.15, 0.2) is 48.8 Å². The Labute approximate surface area is 131 Å². The molecule has 1 heterocycles. The largest absolute Gasteiger partial charge is 0.491 e. The highest BCUT2D eigenvalue weighted by Crippen LogP contribution is 2.24. The molecule has 2 aromatic rings. The molecule has 112 valence electrons. The molecule has 0 spiro atoms. The van der Waals surface area contributed by atoms with Crippen LogP contribution in [0.25, 0.3) is 0 Å². The minimum atomic E-state index is 0.0153. The zero-order chi connectivity index (χ0) is 15.1. The molecular formula is C17H21ClN2O. The highest BCUT2D eigenvalue weighted by molar-refractivity contribution is 6.31. The molecule has 0 amide bonds. The number of aromatic nitrogens is 1. The Morgan fingerprint density at radius 2 is 1.95 bits per heavy atom. The molecule has 0 radical (unpaired) electrons. The third-order valence-corrected chi connectivity index (χ3v) is 3.41. The first-order valence-corrected chi connectivity index (χ1v) is 7.42. The fraction of sp³-hybridized carbons (Fsp3) is 0.353. The van der Waals surface area contributed by atoms with Gasteiger partial charge in [-0.05, 0) is 5.56 Å². The molecule has 4 heteroatoms. The lowest BCUT2D eigenvalue weighted by molar-refractivity contribution is 0.176. The first-order chi connectivity index (χ1) is 10.1. The summed E-state index contributed by atoms with van der Waals surface area (Å²) >= 11 is 6.03. The van der Waals surface area contributed by atoms with E-state index in [9.17, 15) is 0 Å². The summed E-state index contributed by atoms with van der Waals surface area (Å²) in [6.45, 7) is 6.66. The minimum Gasteiger partial charge on any atom is -0.491 e. The molecule has 21 heavy (non-hydrogen) atoms. The van der Waals surface area contributed by atoms with Crippen molar-refractivity contribution in [3.05, 3.63) is 59.4 Å². The van der Waals surface area contributed by atoms with Crippen LogP contribution in [0.2, 0.25) is 5.02 Å². The summed E-state index contributed by atoms with van der Waals surface area (Å²) in [5.41, 5.74) is 1.30. The molecule has 3 nitrogen and oxygen atoms in total. The molecule has 0 atom stereocenters. The van der Waals surface area contributed by atoms with Gasteiger partial charge in [-0.1, -0.05) is 55.8 Å². The molecule has 1 N–H and O–H groups in total. The first-order valence-electron chi connectivity index (χ1n) is 7.04. The van der Waals surface area contributed by atoms with E-state index >= 15 is 0 Å². The Kier molecular flexibility index (Phi) is 5.59. The molecule has 0 aliphatic heterocycles. The SMILES string of the molecule is CC(C)(CNCc1ccccc1)COc1ccncc1Cl. The van der Waals surface area contributed by atoms with Gasteiger partial charge in [0.15, 0.2) is 0 Å². The van der Waals surface area contributed by atoms with Gasteiger partial charge in [0.1, 0.15) is 10.8 Å². The van der Waals surface area contributed by atoms with Crippen LogP contribution < -0.4 is 10.1 Å². The van der Waals surface area contributed by atoms with Crippen LogP contribution in [0, 0.1) is 5.41 Å². The van der Waals surface area contributed by atoms with Gasteiger partial charge in [0.2, 0.25) is 0 Å². The number of nitrogens with zero attached hydrogens (tertiary/aromatic N) is 1. The molecule has 2 rings (SSSR count). The lowest BCUT2D eigenvalue weighted by Gasteiger charge is -2.25. The Morgan fingerprint density at radius 1 is 1.19 bits per heavy atom. The third kappa shape index (κ3) is 5.37. The van der Waals surface area contributed by atoms with E-state index in [0.717, 1.165) is 13.1 Å². The lowest BCUT2D eigenvalue weighted by Crippen LogP contribution is -2.34. The van der Waals surface area contributed by atoms with Crippen molar-refractivity contribution < 1.29 is 4.74 Å². The molecule has 1 aromatic carbocycles. The van der Waals surface area contributed by atoms with Crippen LogP contribution in [0.4, 0.5) is 0 Å². The first kappa shape index (κ1) is 15.8. The van der Waals surface area contributed by atoms with E-state index in [-0.39, 0.29) is 5.41 Å². The van der Waals surface area contributed by atoms with Crippen LogP contribution in [-0.4, -0.2) is 18.1 Å². The average molecular weight is 305 g/mol. The summed E-state index contributed by atoms with van der Waals surface area (Å²) in [5.74, 6) is 0.683. The predicted molar refractivity (Wildman–Crippen MR) is 86.7 cm³/mol. The van der Waals surface area contributed by atoms with Crippen molar-refractivity contribution >= 4 is 11.6 Å². The molecule has 0 fully saturated rings. The van der Waals surface area contributed by atoms with Gasteiger partial charge in [0.05, 0.1) is 6.61 Å². The van der Waals surface area contributed by atoms with E-state index in [1.807, 2.05) is 6.07 Å². The highest BCUT2D eigenvalue weighted by atomic mass is 35.5. The van der Waals surface area contributed by atoms with Gasteiger partial charge in [-0.3, -0.25) is 4.98 Å². The number of halogens is 1. The van der Waals surface area contributed by atoms with E-state index in [1.165, 1.54) is 5.56 Å². The Balaban J connectivity index is 1.78. The standard InChI is InChI=1S/C17H21ClN2O/c1-17(2,12-20-10-14-6-4-3-5-7-14)13-21-16-8-9-19-11-15(16)18/h3-9,11,20H,10,12-13H2,1-2H3. The van der Waals surface area contributed by atoms with Crippen LogP contribution in [-0.2, 0) is 6.54 Å². The topological polar surface area (TPSA) is 34.1 Å². The van der Waals surface area contributed by atoms with Crippen molar-refractivity contribution in [2.24, 2.45) is 5.41 Å². The summed E-state index contributed by atoms with van der Waals surface area (Å²) in [6.07, 6.45) is 3.28. The molecule has 0 aliphatic rings. The summed E-state index contributed by atoms with van der Waals surface area (Å²) in [5, 5.41) is 4.01. The Morgan fingerprint density at radius 3 is 2.67 bits per heavy atom. The third-order valence-electron chi connectivity index (χ3n) is 3.13. The zero-order valence-corrected chi connectivity index (χ0v) is 13.2. The van der Waals surface area contributed by atoms with Gasteiger partial charge < -0.3 is 10.1 Å². The van der Waals surface area contributed by atoms with Gasteiger partial charge in [0.25, 0.3) is 0 Å². The highest BCUT2D eigenvalue weighted by Gasteiger charge is 2.19. The van der Waals surface area contributed by atoms with Crippen LogP contribution in [0.3, 0.4) is 0 Å². The molecule has 0 bridgehead atoms. The van der Waals surface area contributed by atoms with E-state index in [2.05, 4.69) is 48.4 Å². The second-order valence-electron chi connectivity index (χ2n) is 5.85. The van der Waals surface area contributed by atoms with E-state index in [1.54, 1.807) is 18.5 Å². The maximum Gasteiger partial charge on any atom is 0.141 e. The maximum absolute atomic E-state index is 6.03. The number of ether oxygens (including phenoxy) is 1. The van der Waals surface area contributed by atoms with E-state index in [0.29, 0.717) is 17.4 Å². The predicted octanol–water partition coefficient (Wildman–Crippen LogP) is 3.93. The Hall–Kier alpha value is -1.58. The van der Waals surface area contributed by atoms with E-state index < -0.39 is 0 Å². The van der Waals surface area contributed by atoms with Crippen LogP contribution in [0.1, 0.15) is 19.4 Å². The summed E-state index contributed by atoms with van der Waals surface area (Å²) in [6, 6.07) is 12.2. The molecular weight excluding hydrogens is 284 g/mol. The monoisotopic (exact) mass is 304 g/mol. The van der Waals surface area contributed by atoms with Crippen molar-refractivity contribution in [3.8, 4) is 5.75 Å². The normalized spacial score (nSPS) is 11.4. The van der Waals surface area contributed by atoms with E-state index in [4.69, 9.17) is 16.3 Å². The van der Waals surface area contributed by atoms with Crippen LogP contribution >= 0.6 is 11.6 Å². The summed E-state index contributed by atoms with van der Waals surface area (Å²) in [7, 11) is 0. The number of hydrogen-bond donors (Lipinski definition) is 1. The van der Waals surface area contributed by atoms with Crippen molar-refractivity contribution in [1.29, 1.82) is 0 Å². The lowest BCUT2D eigenvalue weighted by atomic mass is 9.94. The molecule has 0 saturated carbocycles. The van der Waals surface area contributed by atoms with Crippen molar-refractivity contribution in [2.45, 2.75) is 20.4 Å². The van der Waals surface area contributed by atoms with Gasteiger partial charge in [0, 0.05) is 37.0 Å². The number of nitrogens with one attached hydrogen (secondary N) is 1. The van der Waals surface area contributed by atoms with Crippen molar-refractivity contribution in [2.75, 3.05) is 13.2 Å². The van der Waals surface area contributed by atoms with Crippen molar-refractivity contribution in [1.82, 2.24) is 10.3 Å². The Bertz CT molecular complexity index is 558. The van der Waals surface area contributed by atoms with Gasteiger partial charge in [-0.25, -0.2) is 0 Å². The number of rotatable bonds is 7. The summed E-state index contributed by atoms with van der Waals surface area (Å²) < 4.78 is 5.79. The molecule has 0 aliphatic carbocycles. The zero-order valence-electron chi connectivity index (χ0n) is 12.5. The smallest absolute Gasteiger partial charge is 0.141 e. The average Bonchev–Trinajstić information content (AvgIpc) is 2.47. The molecule has 0 unspecified atom stereocenters. The fourth-order valence-electron chi connectivity index (χ4n) is 1.94. The number of pyridine rings is 1. The second kappa shape index (κ2) is 7.43. The van der Waals surface area contributed by atoms with Gasteiger partial charge in [-0.15, -0.1) is 0 Å². The van der Waals surface area contributed by atoms with Gasteiger partial charge in [-0.2, -0.15) is 0 Å². The number of benzene rings is 1. The fourth-order valence-corrected chi connectivity index (χ4v) is 2.12.